The molecule has 3 aromatic rings. The largest absolute Gasteiger partial charge is 0.506 e. The number of alkyl halides is 1. The van der Waals surface area contributed by atoms with Crippen LogP contribution in [0.2, 0.25) is 0 Å². The molecule has 0 aromatic heterocycles. The van der Waals surface area contributed by atoms with Gasteiger partial charge < -0.3 is 14.9 Å². The number of phenols is 2. The van der Waals surface area contributed by atoms with Gasteiger partial charge in [-0.1, -0.05) is 34.1 Å². The van der Waals surface area contributed by atoms with Gasteiger partial charge in [-0.25, -0.2) is 0 Å². The Bertz CT molecular complexity index is 1210. The van der Waals surface area contributed by atoms with Crippen molar-refractivity contribution in [2.24, 2.45) is 0 Å². The monoisotopic (exact) mass is 440 g/mol. The van der Waals surface area contributed by atoms with Crippen LogP contribution in [0.15, 0.2) is 36.4 Å². The van der Waals surface area contributed by atoms with E-state index in [0.29, 0.717) is 5.56 Å². The Kier molecular flexibility index (Phi) is 4.19. The van der Waals surface area contributed by atoms with E-state index in [1.54, 1.807) is 12.1 Å². The summed E-state index contributed by atoms with van der Waals surface area (Å²) in [6, 6.07) is 8.90. The third-order valence-electron chi connectivity index (χ3n) is 4.87. The van der Waals surface area contributed by atoms with Crippen LogP contribution in [0.4, 0.5) is 0 Å². The highest BCUT2D eigenvalue weighted by Gasteiger charge is 2.38. The summed E-state index contributed by atoms with van der Waals surface area (Å²) in [5.74, 6) is -2.10. The summed E-state index contributed by atoms with van der Waals surface area (Å²) >= 11 is 3.09. The van der Waals surface area contributed by atoms with Crippen molar-refractivity contribution in [3.05, 3.63) is 64.2 Å². The van der Waals surface area contributed by atoms with Gasteiger partial charge in [-0.3, -0.25) is 14.4 Å². The molecule has 140 valence electrons. The molecular weight excluding hydrogens is 428 g/mol. The van der Waals surface area contributed by atoms with Gasteiger partial charge in [0, 0.05) is 21.9 Å². The molecule has 0 bridgehead atoms. The average molecular weight is 441 g/mol. The first-order chi connectivity index (χ1) is 13.4. The van der Waals surface area contributed by atoms with E-state index in [1.807, 2.05) is 0 Å². The number of carbonyl (C=O) groups is 3. The number of phenolic OH excluding ortho intramolecular Hbond substituents is 2. The van der Waals surface area contributed by atoms with Crippen molar-refractivity contribution >= 4 is 44.1 Å². The Morgan fingerprint density at radius 3 is 2.32 bits per heavy atom. The lowest BCUT2D eigenvalue weighted by atomic mass is 9.80. The summed E-state index contributed by atoms with van der Waals surface area (Å²) in [6.07, 6.45) is 0. The Balaban J connectivity index is 2.08. The fourth-order valence-corrected chi connectivity index (χ4v) is 3.85. The highest BCUT2D eigenvalue weighted by molar-refractivity contribution is 9.09. The van der Waals surface area contributed by atoms with Gasteiger partial charge in [0.1, 0.15) is 17.2 Å². The van der Waals surface area contributed by atoms with Gasteiger partial charge in [-0.15, -0.1) is 0 Å². The zero-order valence-corrected chi connectivity index (χ0v) is 16.2. The second kappa shape index (κ2) is 6.45. The summed E-state index contributed by atoms with van der Waals surface area (Å²) in [5.41, 5.74) is -0.123. The molecule has 0 aliphatic heterocycles. The van der Waals surface area contributed by atoms with Gasteiger partial charge >= 0.3 is 0 Å². The van der Waals surface area contributed by atoms with Crippen molar-refractivity contribution in [3.63, 3.8) is 0 Å². The molecule has 6 nitrogen and oxygen atoms in total. The molecule has 4 rings (SSSR count). The smallest absolute Gasteiger partial charge is 0.202 e. The number of hydrogen-bond acceptors (Lipinski definition) is 6. The number of halogens is 1. The SMILES string of the molecule is COc1cccc2c1C(=O)c1c(c(O)c3cc(C(=O)CBr)ccc3c1O)C2=O. The van der Waals surface area contributed by atoms with Gasteiger partial charge in [0.05, 0.1) is 29.1 Å². The lowest BCUT2D eigenvalue weighted by Gasteiger charge is -2.22. The van der Waals surface area contributed by atoms with Crippen molar-refractivity contribution in [1.82, 2.24) is 0 Å². The van der Waals surface area contributed by atoms with Crippen LogP contribution in [0.5, 0.6) is 17.2 Å². The molecule has 1 aliphatic rings. The van der Waals surface area contributed by atoms with Crippen LogP contribution in [0, 0.1) is 0 Å². The lowest BCUT2D eigenvalue weighted by molar-refractivity contribution is 0.0972. The van der Waals surface area contributed by atoms with Crippen molar-refractivity contribution in [1.29, 1.82) is 0 Å². The fraction of sp³-hybridized carbons (Fsp3) is 0.0952. The zero-order valence-electron chi connectivity index (χ0n) is 14.6. The molecule has 0 fully saturated rings. The van der Waals surface area contributed by atoms with E-state index in [1.165, 1.54) is 31.4 Å². The highest BCUT2D eigenvalue weighted by atomic mass is 79.9. The Morgan fingerprint density at radius 2 is 1.64 bits per heavy atom. The summed E-state index contributed by atoms with van der Waals surface area (Å²) in [5, 5.41) is 21.9. The Morgan fingerprint density at radius 1 is 0.964 bits per heavy atom. The first-order valence-corrected chi connectivity index (χ1v) is 9.40. The molecule has 2 N–H and O–H groups in total. The summed E-state index contributed by atoms with van der Waals surface area (Å²) in [4.78, 5) is 38.1. The first-order valence-electron chi connectivity index (χ1n) is 8.27. The number of ketones is 3. The molecule has 0 heterocycles. The van der Waals surface area contributed by atoms with Crippen LogP contribution in [0.3, 0.4) is 0 Å². The lowest BCUT2D eigenvalue weighted by Crippen LogP contribution is -2.22. The van der Waals surface area contributed by atoms with Crippen LogP contribution in [0.1, 0.15) is 42.2 Å². The maximum Gasteiger partial charge on any atom is 0.202 e. The molecule has 0 saturated heterocycles. The maximum atomic E-state index is 13.1. The normalized spacial score (nSPS) is 12.6. The van der Waals surface area contributed by atoms with E-state index in [9.17, 15) is 24.6 Å². The minimum Gasteiger partial charge on any atom is -0.506 e. The molecule has 0 unspecified atom stereocenters. The van der Waals surface area contributed by atoms with Gasteiger partial charge in [0.15, 0.2) is 11.6 Å². The Hall–Kier alpha value is -3.19. The second-order valence-electron chi connectivity index (χ2n) is 6.31. The number of carbonyl (C=O) groups excluding carboxylic acids is 3. The summed E-state index contributed by atoms with van der Waals surface area (Å²) in [7, 11) is 1.38. The predicted molar refractivity (Wildman–Crippen MR) is 105 cm³/mol. The predicted octanol–water partition coefficient (Wildman–Crippen LogP) is 3.61. The Labute approximate surface area is 167 Å². The van der Waals surface area contributed by atoms with E-state index < -0.39 is 23.1 Å². The molecule has 1 aliphatic carbocycles. The number of aromatic hydroxyl groups is 2. The molecule has 0 spiro atoms. The summed E-state index contributed by atoms with van der Waals surface area (Å²) in [6.45, 7) is 0. The molecule has 3 aromatic carbocycles. The topological polar surface area (TPSA) is 101 Å². The number of ether oxygens (including phenoxy) is 1. The molecular formula is C21H13BrO6. The molecule has 0 saturated carbocycles. The zero-order chi connectivity index (χ0) is 20.2. The minimum absolute atomic E-state index is 0.0441. The third kappa shape index (κ3) is 2.36. The van der Waals surface area contributed by atoms with Crippen molar-refractivity contribution in [2.75, 3.05) is 12.4 Å². The third-order valence-corrected chi connectivity index (χ3v) is 5.38. The number of methoxy groups -OCH3 is 1. The molecule has 0 amide bonds. The van der Waals surface area contributed by atoms with Gasteiger partial charge in [-0.05, 0) is 18.2 Å². The second-order valence-corrected chi connectivity index (χ2v) is 6.87. The highest BCUT2D eigenvalue weighted by Crippen LogP contribution is 2.45. The minimum atomic E-state index is -0.614. The van der Waals surface area contributed by atoms with Crippen LogP contribution in [-0.4, -0.2) is 40.0 Å². The van der Waals surface area contributed by atoms with E-state index in [4.69, 9.17) is 4.74 Å². The molecule has 7 heteroatoms. The molecule has 0 radical (unpaired) electrons. The van der Waals surface area contributed by atoms with Crippen molar-refractivity contribution in [3.8, 4) is 17.2 Å². The standard InChI is InChI=1S/C21H13BrO6/c1-28-14-4-2-3-11-15(14)21(27)17-16(19(11)25)20(26)12-7-9(13(23)8-22)5-6-10(12)18(17)24/h2-7,24,26H,8H2,1H3. The van der Waals surface area contributed by atoms with Crippen molar-refractivity contribution in [2.45, 2.75) is 0 Å². The van der Waals surface area contributed by atoms with Crippen LogP contribution in [0.25, 0.3) is 10.8 Å². The average Bonchev–Trinajstić information content (AvgIpc) is 2.72. The van der Waals surface area contributed by atoms with E-state index in [-0.39, 0.29) is 49.9 Å². The number of fused-ring (bicyclic) bond motifs is 3. The number of Topliss-reactive ketones (excluding diaryl/α,β-unsaturated/α-hetero) is 1. The van der Waals surface area contributed by atoms with Gasteiger partial charge in [0.2, 0.25) is 5.78 Å². The quantitative estimate of drug-likeness (QED) is 0.286. The van der Waals surface area contributed by atoms with E-state index >= 15 is 0 Å². The number of hydrogen-bond donors (Lipinski definition) is 2. The van der Waals surface area contributed by atoms with Crippen molar-refractivity contribution < 1.29 is 29.3 Å². The van der Waals surface area contributed by atoms with E-state index in [0.717, 1.165) is 0 Å². The number of rotatable bonds is 3. The molecule has 0 atom stereocenters. The number of benzene rings is 3. The van der Waals surface area contributed by atoms with Crippen LogP contribution < -0.4 is 4.74 Å². The fourth-order valence-electron chi connectivity index (χ4n) is 3.53. The first kappa shape index (κ1) is 18.2. The maximum absolute atomic E-state index is 13.1. The van der Waals surface area contributed by atoms with Crippen LogP contribution >= 0.6 is 15.9 Å². The van der Waals surface area contributed by atoms with Crippen LogP contribution in [-0.2, 0) is 0 Å². The molecule has 28 heavy (non-hydrogen) atoms. The van der Waals surface area contributed by atoms with Gasteiger partial charge in [-0.2, -0.15) is 0 Å². The van der Waals surface area contributed by atoms with E-state index in [2.05, 4.69) is 15.9 Å². The summed E-state index contributed by atoms with van der Waals surface area (Å²) < 4.78 is 5.20. The van der Waals surface area contributed by atoms with Gasteiger partial charge in [0.25, 0.3) is 0 Å².